The third-order valence-corrected chi connectivity index (χ3v) is 8.03. The highest BCUT2D eigenvalue weighted by Crippen LogP contribution is 2.42. The Morgan fingerprint density at radius 3 is 2.24 bits per heavy atom. The molecule has 1 aliphatic heterocycles. The van der Waals surface area contributed by atoms with Crippen molar-refractivity contribution in [2.75, 3.05) is 20.1 Å². The second-order valence-electron chi connectivity index (χ2n) is 11.2. The van der Waals surface area contributed by atoms with Crippen molar-refractivity contribution in [3.63, 3.8) is 0 Å². The van der Waals surface area contributed by atoms with Crippen LogP contribution in [0.15, 0.2) is 97.1 Å². The largest absolute Gasteiger partial charge is 0.508 e. The SMILES string of the molecule is C[C@@H]1[C@H](CN(C)C[C@@H](O)c2cccc(O)c2)O[C@H](c2ccc(-c3cccc(CN)c3)cc2)O[C@@H]1c1ccc(CO)cc1. The maximum Gasteiger partial charge on any atom is 0.184 e. The zero-order valence-corrected chi connectivity index (χ0v) is 24.1. The number of hydrogen-bond acceptors (Lipinski definition) is 7. The highest BCUT2D eigenvalue weighted by molar-refractivity contribution is 5.64. The molecule has 42 heavy (non-hydrogen) atoms. The zero-order valence-electron chi connectivity index (χ0n) is 24.1. The standard InChI is InChI=1S/C35H40N2O5/c1-23-33(21-37(2)20-32(40)30-7-4-8-31(39)18-30)41-35(42-34(23)27-11-9-24(22-38)10-12-27)28-15-13-26(14-16-28)29-6-3-5-25(17-29)19-36/h3-18,23,32-35,38-40H,19-22,36H2,1-2H3/t23-,32-,33+,34+,35+/m1/s1. The van der Waals surface area contributed by atoms with Crippen LogP contribution in [0.4, 0.5) is 0 Å². The van der Waals surface area contributed by atoms with Crippen molar-refractivity contribution in [3.05, 3.63) is 125 Å². The first-order valence-corrected chi connectivity index (χ1v) is 14.4. The van der Waals surface area contributed by atoms with Crippen LogP contribution in [0.25, 0.3) is 11.1 Å². The summed E-state index contributed by atoms with van der Waals surface area (Å²) in [5.74, 6) is 0.145. The van der Waals surface area contributed by atoms with Gasteiger partial charge < -0.3 is 35.4 Å². The van der Waals surface area contributed by atoms with E-state index in [0.29, 0.717) is 25.2 Å². The molecule has 1 fully saturated rings. The molecule has 0 bridgehead atoms. The summed E-state index contributed by atoms with van der Waals surface area (Å²) < 4.78 is 13.2. The van der Waals surface area contributed by atoms with Gasteiger partial charge in [0.1, 0.15) is 5.75 Å². The van der Waals surface area contributed by atoms with Gasteiger partial charge in [-0.25, -0.2) is 0 Å². The van der Waals surface area contributed by atoms with E-state index in [1.54, 1.807) is 18.2 Å². The van der Waals surface area contributed by atoms with E-state index >= 15 is 0 Å². The Morgan fingerprint density at radius 2 is 1.55 bits per heavy atom. The van der Waals surface area contributed by atoms with Crippen molar-refractivity contribution >= 4 is 0 Å². The first kappa shape index (κ1) is 29.9. The number of phenols is 1. The molecule has 7 nitrogen and oxygen atoms in total. The first-order chi connectivity index (χ1) is 20.3. The van der Waals surface area contributed by atoms with Gasteiger partial charge in [-0.1, -0.05) is 85.8 Å². The van der Waals surface area contributed by atoms with Gasteiger partial charge in [0.05, 0.1) is 24.9 Å². The Balaban J connectivity index is 1.36. The van der Waals surface area contributed by atoms with Crippen LogP contribution < -0.4 is 5.73 Å². The minimum absolute atomic E-state index is 0.0113. The van der Waals surface area contributed by atoms with Crippen molar-refractivity contribution in [3.8, 4) is 16.9 Å². The first-order valence-electron chi connectivity index (χ1n) is 14.4. The quantitative estimate of drug-likeness (QED) is 0.201. The van der Waals surface area contributed by atoms with Crippen LogP contribution in [-0.2, 0) is 22.6 Å². The molecule has 5 rings (SSSR count). The lowest BCUT2D eigenvalue weighted by Gasteiger charge is -2.42. The Hall–Kier alpha value is -3.56. The Kier molecular flexibility index (Phi) is 9.69. The number of nitrogens with zero attached hydrogens (tertiary/aromatic N) is 1. The van der Waals surface area contributed by atoms with Gasteiger partial charge in [0.2, 0.25) is 0 Å². The minimum atomic E-state index is -0.750. The van der Waals surface area contributed by atoms with Crippen LogP contribution in [0, 0.1) is 5.92 Å². The third kappa shape index (κ3) is 7.07. The van der Waals surface area contributed by atoms with E-state index in [4.69, 9.17) is 15.2 Å². The third-order valence-electron chi connectivity index (χ3n) is 8.03. The van der Waals surface area contributed by atoms with Gasteiger partial charge in [-0.15, -0.1) is 0 Å². The summed E-state index contributed by atoms with van der Waals surface area (Å²) in [4.78, 5) is 2.05. The summed E-state index contributed by atoms with van der Waals surface area (Å²) in [6.07, 6.45) is -1.75. The topological polar surface area (TPSA) is 108 Å². The fourth-order valence-electron chi connectivity index (χ4n) is 5.55. The molecule has 5 atom stereocenters. The zero-order chi connectivity index (χ0) is 29.6. The fraction of sp³-hybridized carbons (Fsp3) is 0.314. The molecule has 0 radical (unpaired) electrons. The molecule has 4 aromatic rings. The number of aliphatic hydroxyl groups excluding tert-OH is 2. The molecule has 1 aliphatic rings. The number of hydrogen-bond donors (Lipinski definition) is 4. The molecule has 5 N–H and O–H groups in total. The molecule has 1 saturated heterocycles. The van der Waals surface area contributed by atoms with Crippen LogP contribution in [0.5, 0.6) is 5.75 Å². The number of aliphatic hydroxyl groups is 2. The van der Waals surface area contributed by atoms with E-state index < -0.39 is 12.4 Å². The molecule has 0 aromatic heterocycles. The molecule has 220 valence electrons. The average molecular weight is 569 g/mol. The lowest BCUT2D eigenvalue weighted by Crippen LogP contribution is -2.44. The molecule has 0 spiro atoms. The number of phenolic OH excluding ortho intramolecular Hbond substituents is 1. The lowest BCUT2D eigenvalue weighted by molar-refractivity contribution is -0.276. The van der Waals surface area contributed by atoms with Gasteiger partial charge >= 0.3 is 0 Å². The fourth-order valence-corrected chi connectivity index (χ4v) is 5.55. The van der Waals surface area contributed by atoms with Crippen molar-refractivity contribution in [2.24, 2.45) is 11.7 Å². The summed E-state index contributed by atoms with van der Waals surface area (Å²) in [6, 6.07) is 31.1. The van der Waals surface area contributed by atoms with E-state index in [1.165, 1.54) is 0 Å². The molecular weight excluding hydrogens is 528 g/mol. The number of nitrogens with two attached hydrogens (primary N) is 1. The van der Waals surface area contributed by atoms with Crippen molar-refractivity contribution in [1.29, 1.82) is 0 Å². The molecule has 0 amide bonds. The highest BCUT2D eigenvalue weighted by atomic mass is 16.7. The Bertz CT molecular complexity index is 1440. The minimum Gasteiger partial charge on any atom is -0.508 e. The van der Waals surface area contributed by atoms with Gasteiger partial charge in [0, 0.05) is 31.1 Å². The van der Waals surface area contributed by atoms with Crippen LogP contribution in [0.2, 0.25) is 0 Å². The predicted octanol–water partition coefficient (Wildman–Crippen LogP) is 5.47. The molecule has 0 unspecified atom stereocenters. The Labute approximate surface area is 247 Å². The number of benzene rings is 4. The lowest BCUT2D eigenvalue weighted by atomic mass is 9.90. The van der Waals surface area contributed by atoms with Gasteiger partial charge in [0.15, 0.2) is 6.29 Å². The predicted molar refractivity (Wildman–Crippen MR) is 163 cm³/mol. The van der Waals surface area contributed by atoms with Crippen LogP contribution in [-0.4, -0.2) is 46.5 Å². The van der Waals surface area contributed by atoms with Gasteiger partial charge in [0.25, 0.3) is 0 Å². The van der Waals surface area contributed by atoms with Crippen molar-refractivity contribution in [2.45, 2.75) is 44.7 Å². The number of rotatable bonds is 10. The monoisotopic (exact) mass is 568 g/mol. The molecule has 4 aromatic carbocycles. The molecule has 0 saturated carbocycles. The number of aromatic hydroxyl groups is 1. The normalized spacial score (nSPS) is 21.4. The summed E-state index contributed by atoms with van der Waals surface area (Å²) >= 11 is 0. The summed E-state index contributed by atoms with van der Waals surface area (Å²) in [5, 5.41) is 30.2. The van der Waals surface area contributed by atoms with Gasteiger partial charge in [-0.2, -0.15) is 0 Å². The van der Waals surface area contributed by atoms with Gasteiger partial charge in [-0.3, -0.25) is 0 Å². The maximum absolute atomic E-state index is 10.8. The second-order valence-corrected chi connectivity index (χ2v) is 11.2. The summed E-state index contributed by atoms with van der Waals surface area (Å²) in [6.45, 7) is 3.57. The Morgan fingerprint density at radius 1 is 0.833 bits per heavy atom. The number of ether oxygens (including phenoxy) is 2. The van der Waals surface area contributed by atoms with Crippen LogP contribution in [0.1, 0.15) is 53.2 Å². The molecule has 7 heteroatoms. The van der Waals surface area contributed by atoms with Crippen LogP contribution in [0.3, 0.4) is 0 Å². The summed E-state index contributed by atoms with van der Waals surface area (Å²) in [5.41, 5.74) is 12.6. The smallest absolute Gasteiger partial charge is 0.184 e. The highest BCUT2D eigenvalue weighted by Gasteiger charge is 2.39. The van der Waals surface area contributed by atoms with E-state index in [1.807, 2.05) is 61.6 Å². The van der Waals surface area contributed by atoms with Crippen molar-refractivity contribution in [1.82, 2.24) is 4.90 Å². The maximum atomic E-state index is 10.8. The van der Waals surface area contributed by atoms with Gasteiger partial charge in [-0.05, 0) is 58.6 Å². The van der Waals surface area contributed by atoms with E-state index in [-0.39, 0.29) is 30.5 Å². The second kappa shape index (κ2) is 13.6. The molecule has 0 aliphatic carbocycles. The van der Waals surface area contributed by atoms with E-state index in [9.17, 15) is 15.3 Å². The molecule has 1 heterocycles. The number of likely N-dealkylation sites (N-methyl/N-ethyl adjacent to an activating group) is 1. The van der Waals surface area contributed by atoms with E-state index in [2.05, 4.69) is 36.1 Å². The van der Waals surface area contributed by atoms with Crippen LogP contribution >= 0.6 is 0 Å². The average Bonchev–Trinajstić information content (AvgIpc) is 3.02. The molecular formula is C35H40N2O5. The summed E-state index contributed by atoms with van der Waals surface area (Å²) in [7, 11) is 1.96. The van der Waals surface area contributed by atoms with Crippen molar-refractivity contribution < 1.29 is 24.8 Å². The van der Waals surface area contributed by atoms with E-state index in [0.717, 1.165) is 33.4 Å².